The number of ether oxygens (including phenoxy) is 1. The van der Waals surface area contributed by atoms with Crippen LogP contribution in [0.5, 0.6) is 11.5 Å². The largest absolute Gasteiger partial charge is 0.457 e. The average Bonchev–Trinajstić information content (AvgIpc) is 2.70. The molecule has 0 fully saturated rings. The van der Waals surface area contributed by atoms with Gasteiger partial charge in [0.2, 0.25) is 5.91 Å². The van der Waals surface area contributed by atoms with Crippen LogP contribution in [-0.2, 0) is 11.2 Å². The molecule has 0 aliphatic rings. The Labute approximate surface area is 173 Å². The molecule has 2 N–H and O–H groups in total. The highest BCUT2D eigenvalue weighted by molar-refractivity contribution is 8.00. The standard InChI is InChI=1S/C22H23N3O3S/c1-3-7-17-14-20(26)25-22(24-17)29-15(2)21(27)23-16-10-12-19(13-11-16)28-18-8-5-4-6-9-18/h4-6,8-15H,3,7H2,1-2H3,(H,23,27)(H,24,25,26)/t15-/m0/s1. The fourth-order valence-electron chi connectivity index (χ4n) is 2.62. The molecule has 150 valence electrons. The predicted octanol–water partition coefficient (Wildman–Crippen LogP) is 4.63. The van der Waals surface area contributed by atoms with Crippen molar-refractivity contribution >= 4 is 23.4 Å². The Kier molecular flexibility index (Phi) is 7.08. The molecule has 3 rings (SSSR count). The second-order valence-corrected chi connectivity index (χ2v) is 7.81. The van der Waals surface area contributed by atoms with Gasteiger partial charge in [-0.25, -0.2) is 4.98 Å². The van der Waals surface area contributed by atoms with E-state index >= 15 is 0 Å². The number of carbonyl (C=O) groups is 1. The minimum Gasteiger partial charge on any atom is -0.457 e. The van der Waals surface area contributed by atoms with Crippen molar-refractivity contribution in [2.24, 2.45) is 0 Å². The molecule has 0 saturated heterocycles. The van der Waals surface area contributed by atoms with Crippen LogP contribution < -0.4 is 15.6 Å². The van der Waals surface area contributed by atoms with E-state index in [2.05, 4.69) is 15.3 Å². The molecule has 0 aliphatic carbocycles. The number of hydrogen-bond acceptors (Lipinski definition) is 5. The topological polar surface area (TPSA) is 84.1 Å². The van der Waals surface area contributed by atoms with Crippen LogP contribution in [0.25, 0.3) is 0 Å². The summed E-state index contributed by atoms with van der Waals surface area (Å²) in [5, 5.41) is 2.91. The lowest BCUT2D eigenvalue weighted by Crippen LogP contribution is -2.23. The van der Waals surface area contributed by atoms with Crippen molar-refractivity contribution in [2.45, 2.75) is 37.1 Å². The Morgan fingerprint density at radius 1 is 1.14 bits per heavy atom. The molecule has 7 heteroatoms. The summed E-state index contributed by atoms with van der Waals surface area (Å²) in [4.78, 5) is 31.4. The first-order valence-corrected chi connectivity index (χ1v) is 10.3. The number of nitrogens with one attached hydrogen (secondary N) is 2. The third-order valence-corrected chi connectivity index (χ3v) is 5.02. The van der Waals surface area contributed by atoms with Crippen LogP contribution >= 0.6 is 11.8 Å². The van der Waals surface area contributed by atoms with Crippen molar-refractivity contribution in [2.75, 3.05) is 5.32 Å². The van der Waals surface area contributed by atoms with Gasteiger partial charge in [-0.1, -0.05) is 43.3 Å². The van der Waals surface area contributed by atoms with Crippen molar-refractivity contribution in [3.63, 3.8) is 0 Å². The van der Waals surface area contributed by atoms with Crippen molar-refractivity contribution in [1.29, 1.82) is 0 Å². The third kappa shape index (κ3) is 6.22. The first-order valence-electron chi connectivity index (χ1n) is 9.44. The number of benzene rings is 2. The van der Waals surface area contributed by atoms with Crippen molar-refractivity contribution in [1.82, 2.24) is 9.97 Å². The summed E-state index contributed by atoms with van der Waals surface area (Å²) in [5.74, 6) is 1.27. The van der Waals surface area contributed by atoms with Gasteiger partial charge in [0.15, 0.2) is 5.16 Å². The second-order valence-electron chi connectivity index (χ2n) is 6.48. The molecule has 0 saturated carbocycles. The highest BCUT2D eigenvalue weighted by Gasteiger charge is 2.16. The molecule has 0 spiro atoms. The Balaban J connectivity index is 1.59. The van der Waals surface area contributed by atoms with E-state index in [9.17, 15) is 9.59 Å². The van der Waals surface area contributed by atoms with E-state index in [0.717, 1.165) is 24.3 Å². The van der Waals surface area contributed by atoms with Crippen LogP contribution in [0.1, 0.15) is 26.0 Å². The number of rotatable bonds is 8. The molecule has 3 aromatic rings. The molecule has 0 radical (unpaired) electrons. The number of H-pyrrole nitrogens is 1. The second kappa shape index (κ2) is 9.93. The summed E-state index contributed by atoms with van der Waals surface area (Å²) in [5.41, 5.74) is 1.21. The molecule has 29 heavy (non-hydrogen) atoms. The molecule has 1 amide bonds. The molecule has 1 heterocycles. The van der Waals surface area contributed by atoms with Gasteiger partial charge in [0.05, 0.1) is 5.25 Å². The average molecular weight is 410 g/mol. The highest BCUT2D eigenvalue weighted by atomic mass is 32.2. The lowest BCUT2D eigenvalue weighted by molar-refractivity contribution is -0.115. The van der Waals surface area contributed by atoms with E-state index in [1.807, 2.05) is 37.3 Å². The zero-order valence-electron chi connectivity index (χ0n) is 16.3. The Hall–Kier alpha value is -3.06. The van der Waals surface area contributed by atoms with Crippen LogP contribution in [-0.4, -0.2) is 21.1 Å². The highest BCUT2D eigenvalue weighted by Crippen LogP contribution is 2.24. The monoisotopic (exact) mass is 409 g/mol. The van der Waals surface area contributed by atoms with Gasteiger partial charge in [0.1, 0.15) is 11.5 Å². The lowest BCUT2D eigenvalue weighted by Gasteiger charge is -2.12. The summed E-state index contributed by atoms with van der Waals surface area (Å²) >= 11 is 1.23. The Morgan fingerprint density at radius 2 is 1.83 bits per heavy atom. The molecular weight excluding hydrogens is 386 g/mol. The van der Waals surface area contributed by atoms with Gasteiger partial charge in [-0.2, -0.15) is 0 Å². The summed E-state index contributed by atoms with van der Waals surface area (Å²) in [6.07, 6.45) is 1.63. The zero-order chi connectivity index (χ0) is 20.6. The number of nitrogens with zero attached hydrogens (tertiary/aromatic N) is 1. The van der Waals surface area contributed by atoms with E-state index < -0.39 is 5.25 Å². The number of anilines is 1. The zero-order valence-corrected chi connectivity index (χ0v) is 17.2. The molecule has 0 unspecified atom stereocenters. The number of para-hydroxylation sites is 1. The maximum absolute atomic E-state index is 12.5. The number of hydrogen-bond donors (Lipinski definition) is 2. The van der Waals surface area contributed by atoms with E-state index in [1.54, 1.807) is 31.2 Å². The predicted molar refractivity (Wildman–Crippen MR) is 116 cm³/mol. The first-order chi connectivity index (χ1) is 14.0. The summed E-state index contributed by atoms with van der Waals surface area (Å²) in [7, 11) is 0. The number of aromatic nitrogens is 2. The molecule has 2 aromatic carbocycles. The number of carbonyl (C=O) groups excluding carboxylic acids is 1. The van der Waals surface area contributed by atoms with Crippen molar-refractivity contribution in [3.8, 4) is 11.5 Å². The maximum Gasteiger partial charge on any atom is 0.251 e. The lowest BCUT2D eigenvalue weighted by atomic mass is 10.2. The van der Waals surface area contributed by atoms with Gasteiger partial charge >= 0.3 is 0 Å². The molecule has 0 aliphatic heterocycles. The van der Waals surface area contributed by atoms with Crippen molar-refractivity contribution < 1.29 is 9.53 Å². The molecule has 1 aromatic heterocycles. The normalized spacial score (nSPS) is 11.7. The van der Waals surface area contributed by atoms with Gasteiger partial charge in [0, 0.05) is 17.4 Å². The van der Waals surface area contributed by atoms with Gasteiger partial charge in [0.25, 0.3) is 5.56 Å². The molecule has 0 bridgehead atoms. The van der Waals surface area contributed by atoms with E-state index in [0.29, 0.717) is 16.6 Å². The van der Waals surface area contributed by atoms with Crippen LogP contribution in [0.2, 0.25) is 0 Å². The summed E-state index contributed by atoms with van der Waals surface area (Å²) in [6, 6.07) is 18.2. The van der Waals surface area contributed by atoms with Crippen LogP contribution in [0.4, 0.5) is 5.69 Å². The van der Waals surface area contributed by atoms with Crippen LogP contribution in [0.3, 0.4) is 0 Å². The molecular formula is C22H23N3O3S. The molecule has 6 nitrogen and oxygen atoms in total. The SMILES string of the molecule is CCCc1cc(=O)[nH]c(S[C@@H](C)C(=O)Nc2ccc(Oc3ccccc3)cc2)n1. The van der Waals surface area contributed by atoms with E-state index in [4.69, 9.17) is 4.74 Å². The smallest absolute Gasteiger partial charge is 0.251 e. The summed E-state index contributed by atoms with van der Waals surface area (Å²) < 4.78 is 5.75. The van der Waals surface area contributed by atoms with E-state index in [1.165, 1.54) is 17.8 Å². The van der Waals surface area contributed by atoms with Crippen LogP contribution in [0, 0.1) is 0 Å². The Bertz CT molecular complexity index is 1000. The fourth-order valence-corrected chi connectivity index (χ4v) is 3.45. The van der Waals surface area contributed by atoms with Gasteiger partial charge in [-0.3, -0.25) is 9.59 Å². The maximum atomic E-state index is 12.5. The third-order valence-electron chi connectivity index (χ3n) is 4.04. The number of amides is 1. The fraction of sp³-hybridized carbons (Fsp3) is 0.227. The van der Waals surface area contributed by atoms with Gasteiger partial charge < -0.3 is 15.0 Å². The van der Waals surface area contributed by atoms with Crippen LogP contribution in [0.15, 0.2) is 70.6 Å². The first kappa shape index (κ1) is 20.7. The van der Waals surface area contributed by atoms with E-state index in [-0.39, 0.29) is 11.5 Å². The minimum absolute atomic E-state index is 0.171. The number of aryl methyl sites for hydroxylation is 1. The number of thioether (sulfide) groups is 1. The molecule has 1 atom stereocenters. The van der Waals surface area contributed by atoms with Gasteiger partial charge in [-0.15, -0.1) is 0 Å². The minimum atomic E-state index is -0.421. The quantitative estimate of drug-likeness (QED) is 0.418. The number of aromatic amines is 1. The summed E-state index contributed by atoms with van der Waals surface area (Å²) in [6.45, 7) is 3.81. The van der Waals surface area contributed by atoms with Gasteiger partial charge in [-0.05, 0) is 49.7 Å². The Morgan fingerprint density at radius 3 is 2.52 bits per heavy atom. The van der Waals surface area contributed by atoms with Crippen molar-refractivity contribution in [3.05, 3.63) is 76.7 Å².